The summed E-state index contributed by atoms with van der Waals surface area (Å²) in [5, 5.41) is 0.0239. The fourth-order valence-corrected chi connectivity index (χ4v) is 4.61. The summed E-state index contributed by atoms with van der Waals surface area (Å²) in [6.07, 6.45) is 1.21. The van der Waals surface area contributed by atoms with Crippen molar-refractivity contribution in [3.63, 3.8) is 0 Å². The standard InChI is InChI=1S/C12H16ClNO3S/c1-17-7-12(14)10(11(12)18(2,15)16)8-3-5-9(13)6-4-8/h3-6,10-11H,7,14H2,1-2H3/t10-,11+,12-/m1/s1. The van der Waals surface area contributed by atoms with Crippen molar-refractivity contribution in [1.82, 2.24) is 0 Å². The Kier molecular flexibility index (Phi) is 3.44. The number of hydrogen-bond acceptors (Lipinski definition) is 4. The maximum atomic E-state index is 11.8. The summed E-state index contributed by atoms with van der Waals surface area (Å²) < 4.78 is 28.6. The normalized spacial score (nSPS) is 31.3. The second-order valence-corrected chi connectivity index (χ2v) is 7.43. The highest BCUT2D eigenvalue weighted by molar-refractivity contribution is 7.91. The first-order valence-corrected chi connectivity index (χ1v) is 7.86. The molecule has 0 spiro atoms. The molecule has 0 aromatic heterocycles. The van der Waals surface area contributed by atoms with Gasteiger partial charge in [0.25, 0.3) is 0 Å². The van der Waals surface area contributed by atoms with E-state index >= 15 is 0 Å². The van der Waals surface area contributed by atoms with Gasteiger partial charge in [-0.15, -0.1) is 0 Å². The number of rotatable bonds is 4. The van der Waals surface area contributed by atoms with E-state index in [1.807, 2.05) is 12.1 Å². The third-order valence-electron chi connectivity index (χ3n) is 3.39. The first kappa shape index (κ1) is 13.8. The minimum Gasteiger partial charge on any atom is -0.383 e. The molecule has 0 saturated heterocycles. The molecule has 1 aromatic rings. The Labute approximate surface area is 112 Å². The van der Waals surface area contributed by atoms with Crippen LogP contribution in [0, 0.1) is 0 Å². The molecule has 1 fully saturated rings. The lowest BCUT2D eigenvalue weighted by atomic mass is 10.1. The van der Waals surface area contributed by atoms with E-state index in [9.17, 15) is 8.42 Å². The zero-order valence-corrected chi connectivity index (χ0v) is 11.8. The van der Waals surface area contributed by atoms with Gasteiger partial charge in [-0.1, -0.05) is 23.7 Å². The third-order valence-corrected chi connectivity index (χ3v) is 5.27. The highest BCUT2D eigenvalue weighted by atomic mass is 35.5. The van der Waals surface area contributed by atoms with Crippen LogP contribution in [0.2, 0.25) is 5.02 Å². The quantitative estimate of drug-likeness (QED) is 0.904. The Morgan fingerprint density at radius 1 is 1.39 bits per heavy atom. The second-order valence-electron chi connectivity index (χ2n) is 4.82. The Balaban J connectivity index is 2.35. The van der Waals surface area contributed by atoms with Crippen LogP contribution in [0.3, 0.4) is 0 Å². The summed E-state index contributed by atoms with van der Waals surface area (Å²) in [6.45, 7) is 0.220. The SMILES string of the molecule is COC[C@@]1(N)[C@H](c2ccc(Cl)cc2)[C@@H]1S(C)(=O)=O. The minimum absolute atomic E-state index is 0.220. The highest BCUT2D eigenvalue weighted by Gasteiger charge is 2.67. The monoisotopic (exact) mass is 289 g/mol. The summed E-state index contributed by atoms with van der Waals surface area (Å²) in [4.78, 5) is 0. The largest absolute Gasteiger partial charge is 0.383 e. The van der Waals surface area contributed by atoms with Crippen LogP contribution in [0.25, 0.3) is 0 Å². The molecule has 2 N–H and O–H groups in total. The number of nitrogens with two attached hydrogens (primary N) is 1. The van der Waals surface area contributed by atoms with Gasteiger partial charge in [0.1, 0.15) is 0 Å². The van der Waals surface area contributed by atoms with Gasteiger partial charge < -0.3 is 10.5 Å². The van der Waals surface area contributed by atoms with E-state index in [0.29, 0.717) is 5.02 Å². The number of ether oxygens (including phenoxy) is 1. The Hall–Kier alpha value is -0.620. The molecular formula is C12H16ClNO3S. The van der Waals surface area contributed by atoms with E-state index in [2.05, 4.69) is 0 Å². The van der Waals surface area contributed by atoms with Crippen LogP contribution in [0.15, 0.2) is 24.3 Å². The average molecular weight is 290 g/mol. The lowest BCUT2D eigenvalue weighted by Crippen LogP contribution is -2.35. The van der Waals surface area contributed by atoms with Crippen molar-refractivity contribution in [2.45, 2.75) is 16.7 Å². The summed E-state index contributed by atoms with van der Waals surface area (Å²) in [7, 11) is -1.69. The maximum Gasteiger partial charge on any atom is 0.152 e. The van der Waals surface area contributed by atoms with E-state index in [1.165, 1.54) is 13.4 Å². The van der Waals surface area contributed by atoms with Crippen molar-refractivity contribution < 1.29 is 13.2 Å². The Morgan fingerprint density at radius 2 is 1.94 bits per heavy atom. The highest BCUT2D eigenvalue weighted by Crippen LogP contribution is 2.54. The van der Waals surface area contributed by atoms with Gasteiger partial charge in [0.2, 0.25) is 0 Å². The maximum absolute atomic E-state index is 11.8. The molecule has 0 aliphatic heterocycles. The lowest BCUT2D eigenvalue weighted by molar-refractivity contribution is 0.171. The molecule has 6 heteroatoms. The Bertz CT molecular complexity index is 543. The third kappa shape index (κ3) is 2.28. The molecule has 4 nitrogen and oxygen atoms in total. The van der Waals surface area contributed by atoms with Crippen molar-refractivity contribution in [1.29, 1.82) is 0 Å². The lowest BCUT2D eigenvalue weighted by Gasteiger charge is -2.10. The van der Waals surface area contributed by atoms with Crippen molar-refractivity contribution >= 4 is 21.4 Å². The molecule has 18 heavy (non-hydrogen) atoms. The summed E-state index contributed by atoms with van der Waals surface area (Å²) in [5.74, 6) is -0.232. The average Bonchev–Trinajstić information content (AvgIpc) is 2.86. The first-order valence-electron chi connectivity index (χ1n) is 5.53. The van der Waals surface area contributed by atoms with Crippen LogP contribution < -0.4 is 5.73 Å². The van der Waals surface area contributed by atoms with Crippen LogP contribution in [0.1, 0.15) is 11.5 Å². The zero-order valence-electron chi connectivity index (χ0n) is 10.3. The van der Waals surface area contributed by atoms with Crippen molar-refractivity contribution in [3.8, 4) is 0 Å². The van der Waals surface area contributed by atoms with Crippen LogP contribution in [0.4, 0.5) is 0 Å². The minimum atomic E-state index is -3.20. The molecule has 0 unspecified atom stereocenters. The predicted molar refractivity (Wildman–Crippen MR) is 71.6 cm³/mol. The number of benzene rings is 1. The van der Waals surface area contributed by atoms with Crippen LogP contribution in [0.5, 0.6) is 0 Å². The first-order chi connectivity index (χ1) is 8.30. The number of halogens is 1. The molecule has 0 bridgehead atoms. The number of hydrogen-bond donors (Lipinski definition) is 1. The molecule has 1 aliphatic carbocycles. The molecular weight excluding hydrogens is 274 g/mol. The fraction of sp³-hybridized carbons (Fsp3) is 0.500. The molecule has 0 amide bonds. The van der Waals surface area contributed by atoms with Crippen LogP contribution >= 0.6 is 11.6 Å². The smallest absolute Gasteiger partial charge is 0.152 e. The number of sulfone groups is 1. The summed E-state index contributed by atoms with van der Waals surface area (Å²) >= 11 is 5.82. The van der Waals surface area contributed by atoms with E-state index in [4.69, 9.17) is 22.1 Å². The van der Waals surface area contributed by atoms with Crippen LogP contribution in [-0.2, 0) is 14.6 Å². The van der Waals surface area contributed by atoms with Gasteiger partial charge in [0, 0.05) is 24.3 Å². The molecule has 1 aliphatic rings. The molecule has 0 radical (unpaired) electrons. The van der Waals surface area contributed by atoms with Gasteiger partial charge in [-0.05, 0) is 17.7 Å². The molecule has 3 atom stereocenters. The van der Waals surface area contributed by atoms with Gasteiger partial charge in [0.05, 0.1) is 17.4 Å². The topological polar surface area (TPSA) is 69.4 Å². The predicted octanol–water partition coefficient (Wildman–Crippen LogP) is 1.19. The van der Waals surface area contributed by atoms with Crippen molar-refractivity contribution in [3.05, 3.63) is 34.9 Å². The summed E-state index contributed by atoms with van der Waals surface area (Å²) in [5.41, 5.74) is 6.21. The van der Waals surface area contributed by atoms with E-state index in [-0.39, 0.29) is 12.5 Å². The molecule has 2 rings (SSSR count). The van der Waals surface area contributed by atoms with Crippen molar-refractivity contribution in [2.75, 3.05) is 20.0 Å². The van der Waals surface area contributed by atoms with Gasteiger partial charge in [-0.3, -0.25) is 0 Å². The van der Waals surface area contributed by atoms with Crippen molar-refractivity contribution in [2.24, 2.45) is 5.73 Å². The molecule has 0 heterocycles. The Morgan fingerprint density at radius 3 is 2.39 bits per heavy atom. The number of methoxy groups -OCH3 is 1. The van der Waals surface area contributed by atoms with E-state index in [1.54, 1.807) is 12.1 Å². The molecule has 100 valence electrons. The molecule has 1 saturated carbocycles. The van der Waals surface area contributed by atoms with Gasteiger partial charge >= 0.3 is 0 Å². The van der Waals surface area contributed by atoms with Gasteiger partial charge in [-0.2, -0.15) is 0 Å². The fourth-order valence-electron chi connectivity index (χ4n) is 2.65. The van der Waals surface area contributed by atoms with E-state index < -0.39 is 20.6 Å². The van der Waals surface area contributed by atoms with E-state index in [0.717, 1.165) is 5.56 Å². The van der Waals surface area contributed by atoms with Crippen LogP contribution in [-0.4, -0.2) is 39.2 Å². The van der Waals surface area contributed by atoms with Gasteiger partial charge in [0.15, 0.2) is 9.84 Å². The summed E-state index contributed by atoms with van der Waals surface area (Å²) in [6, 6.07) is 7.11. The molecule has 1 aromatic carbocycles. The second kappa shape index (κ2) is 4.49. The zero-order chi connectivity index (χ0) is 13.6. The van der Waals surface area contributed by atoms with Gasteiger partial charge in [-0.25, -0.2) is 8.42 Å².